The van der Waals surface area contributed by atoms with Crippen LogP contribution in [0.1, 0.15) is 26.3 Å². The molecule has 146 valence electrons. The Bertz CT molecular complexity index is 1030. The predicted octanol–water partition coefficient (Wildman–Crippen LogP) is 5.32. The third-order valence-corrected chi connectivity index (χ3v) is 4.61. The molecule has 2 heterocycles. The topological polar surface area (TPSA) is 70.7 Å². The summed E-state index contributed by atoms with van der Waals surface area (Å²) in [6.07, 6.45) is 5.29. The van der Waals surface area contributed by atoms with Crippen molar-refractivity contribution in [3.8, 4) is 0 Å². The van der Waals surface area contributed by atoms with Gasteiger partial charge in [-0.2, -0.15) is 0 Å². The van der Waals surface area contributed by atoms with Gasteiger partial charge in [0.25, 0.3) is 0 Å². The van der Waals surface area contributed by atoms with Gasteiger partial charge >= 0.3 is 6.09 Å². The average Bonchev–Trinajstić information content (AvgIpc) is 3.00. The molecule has 0 saturated carbocycles. The van der Waals surface area contributed by atoms with Crippen molar-refractivity contribution in [3.63, 3.8) is 0 Å². The van der Waals surface area contributed by atoms with Gasteiger partial charge in [0, 0.05) is 35.1 Å². The lowest BCUT2D eigenvalue weighted by molar-refractivity contribution is 0.143. The molecule has 1 N–H and O–H groups in total. The van der Waals surface area contributed by atoms with Crippen LogP contribution in [-0.4, -0.2) is 37.5 Å². The summed E-state index contributed by atoms with van der Waals surface area (Å²) in [7, 11) is 0. The largest absolute Gasteiger partial charge is 0.465 e. The fraction of sp³-hybridized carbons (Fsp3) is 0.250. The summed E-state index contributed by atoms with van der Waals surface area (Å²) < 4.78 is 16.6. The van der Waals surface area contributed by atoms with Crippen molar-refractivity contribution < 1.29 is 14.3 Å². The van der Waals surface area contributed by atoms with Crippen LogP contribution in [-0.2, 0) is 6.54 Å². The molecule has 8 heteroatoms. The number of aromatic nitrogens is 2. The van der Waals surface area contributed by atoms with Crippen molar-refractivity contribution in [2.45, 2.75) is 32.9 Å². The molecule has 0 spiro atoms. The fourth-order valence-corrected chi connectivity index (χ4v) is 3.06. The van der Waals surface area contributed by atoms with Crippen LogP contribution < -0.4 is 0 Å². The summed E-state index contributed by atoms with van der Waals surface area (Å²) in [6.45, 7) is 5.47. The van der Waals surface area contributed by atoms with Gasteiger partial charge in [0.1, 0.15) is 12.2 Å². The second-order valence-electron chi connectivity index (χ2n) is 7.33. The lowest BCUT2D eigenvalue weighted by Gasteiger charge is -2.28. The van der Waals surface area contributed by atoms with Crippen LogP contribution in [0.3, 0.4) is 0 Å². The second-order valence-corrected chi connectivity index (χ2v) is 7.74. The summed E-state index contributed by atoms with van der Waals surface area (Å²) in [4.78, 5) is 20.6. The molecule has 0 radical (unpaired) electrons. The number of nitrogens with zero attached hydrogens (tertiary/aromatic N) is 4. The second kappa shape index (κ2) is 7.59. The number of aliphatic imine (C=N–C) groups is 1. The van der Waals surface area contributed by atoms with Gasteiger partial charge < -0.3 is 9.67 Å². The van der Waals surface area contributed by atoms with E-state index in [1.807, 2.05) is 22.9 Å². The lowest BCUT2D eigenvalue weighted by Crippen LogP contribution is -2.43. The van der Waals surface area contributed by atoms with Crippen LogP contribution in [0.15, 0.2) is 47.8 Å². The summed E-state index contributed by atoms with van der Waals surface area (Å²) >= 11 is 6.30. The third-order valence-electron chi connectivity index (χ3n) is 4.28. The van der Waals surface area contributed by atoms with E-state index in [4.69, 9.17) is 11.6 Å². The molecule has 0 aliphatic rings. The molecule has 0 aliphatic carbocycles. The van der Waals surface area contributed by atoms with Crippen LogP contribution in [0, 0.1) is 5.82 Å². The highest BCUT2D eigenvalue weighted by molar-refractivity contribution is 6.31. The highest BCUT2D eigenvalue weighted by Crippen LogP contribution is 2.28. The molecule has 2 aromatic heterocycles. The Morgan fingerprint density at radius 2 is 2.14 bits per heavy atom. The van der Waals surface area contributed by atoms with Crippen LogP contribution in [0.25, 0.3) is 10.9 Å². The number of carboxylic acid groups (broad SMARTS) is 1. The van der Waals surface area contributed by atoms with Crippen molar-refractivity contribution in [2.75, 3.05) is 0 Å². The molecule has 3 rings (SSSR count). The van der Waals surface area contributed by atoms with E-state index in [1.54, 1.807) is 33.2 Å². The van der Waals surface area contributed by atoms with Gasteiger partial charge in [-0.15, -0.1) is 0 Å². The van der Waals surface area contributed by atoms with Gasteiger partial charge in [0.05, 0.1) is 22.8 Å². The molecule has 0 fully saturated rings. The minimum absolute atomic E-state index is 0.223. The fourth-order valence-electron chi connectivity index (χ4n) is 2.80. The van der Waals surface area contributed by atoms with Crippen molar-refractivity contribution in [1.82, 2.24) is 14.5 Å². The van der Waals surface area contributed by atoms with Gasteiger partial charge in [-0.05, 0) is 45.0 Å². The molecular formula is C20H20ClFN4O2. The normalized spacial score (nSPS) is 12.0. The van der Waals surface area contributed by atoms with Crippen LogP contribution in [0.5, 0.6) is 0 Å². The minimum atomic E-state index is -1.14. The minimum Gasteiger partial charge on any atom is -0.465 e. The number of hydrogen-bond acceptors (Lipinski definition) is 3. The maximum absolute atomic E-state index is 14.7. The number of rotatable bonds is 4. The molecule has 3 aromatic rings. The van der Waals surface area contributed by atoms with Crippen molar-refractivity contribution in [1.29, 1.82) is 0 Å². The summed E-state index contributed by atoms with van der Waals surface area (Å²) in [5.41, 5.74) is 0.820. The van der Waals surface area contributed by atoms with Gasteiger partial charge in [-0.3, -0.25) is 9.88 Å². The van der Waals surface area contributed by atoms with Crippen LogP contribution in [0.2, 0.25) is 5.02 Å². The monoisotopic (exact) mass is 402 g/mol. The zero-order valence-corrected chi connectivity index (χ0v) is 16.5. The Labute approximate surface area is 166 Å². The molecule has 0 aliphatic heterocycles. The zero-order valence-electron chi connectivity index (χ0n) is 15.7. The van der Waals surface area contributed by atoms with Crippen molar-refractivity contribution in [2.24, 2.45) is 4.99 Å². The first kappa shape index (κ1) is 19.8. The van der Waals surface area contributed by atoms with E-state index < -0.39 is 17.4 Å². The Hall–Kier alpha value is -2.93. The van der Waals surface area contributed by atoms with E-state index in [-0.39, 0.29) is 17.3 Å². The molecular weight excluding hydrogens is 383 g/mol. The molecule has 0 atom stereocenters. The first-order valence-corrected chi connectivity index (χ1v) is 8.98. The van der Waals surface area contributed by atoms with E-state index in [2.05, 4.69) is 9.98 Å². The molecule has 6 nitrogen and oxygen atoms in total. The Morgan fingerprint density at radius 1 is 1.39 bits per heavy atom. The number of pyridine rings is 1. The number of carbonyl (C=O) groups is 1. The number of amides is 1. The Balaban J connectivity index is 1.89. The first-order valence-electron chi connectivity index (χ1n) is 8.60. The molecule has 1 amide bonds. The van der Waals surface area contributed by atoms with E-state index in [0.717, 1.165) is 15.8 Å². The van der Waals surface area contributed by atoms with Gasteiger partial charge in [-0.25, -0.2) is 14.2 Å². The van der Waals surface area contributed by atoms with Gasteiger partial charge in [-0.1, -0.05) is 11.6 Å². The van der Waals surface area contributed by atoms with Crippen LogP contribution >= 0.6 is 11.6 Å². The van der Waals surface area contributed by atoms with Gasteiger partial charge in [0.15, 0.2) is 0 Å². The summed E-state index contributed by atoms with van der Waals surface area (Å²) in [5, 5.41) is 10.5. The maximum Gasteiger partial charge on any atom is 0.413 e. The quantitative estimate of drug-likeness (QED) is 0.474. The molecule has 0 bridgehead atoms. The standard InChI is InChI=1S/C20H20ClFN4O2/c1-20(2,3)26(19(27)28)12-24-14-8-16(21)15(17(22)9-14)11-25-7-5-13-10-23-6-4-18(13)25/h4-10,12H,11H2,1-3H3,(H,27,28). The molecule has 1 aromatic carbocycles. The number of halogens is 2. The average molecular weight is 403 g/mol. The highest BCUT2D eigenvalue weighted by Gasteiger charge is 2.24. The van der Waals surface area contributed by atoms with Crippen molar-refractivity contribution >= 4 is 40.6 Å². The smallest absolute Gasteiger partial charge is 0.413 e. The zero-order chi connectivity index (χ0) is 20.5. The summed E-state index contributed by atoms with van der Waals surface area (Å²) in [5.74, 6) is -0.506. The number of hydrogen-bond donors (Lipinski definition) is 1. The van der Waals surface area contributed by atoms with E-state index in [1.165, 1.54) is 18.5 Å². The lowest BCUT2D eigenvalue weighted by atomic mass is 10.1. The van der Waals surface area contributed by atoms with E-state index in [0.29, 0.717) is 5.56 Å². The predicted molar refractivity (Wildman–Crippen MR) is 108 cm³/mol. The maximum atomic E-state index is 14.7. The Morgan fingerprint density at radius 3 is 2.79 bits per heavy atom. The SMILES string of the molecule is CC(C)(C)N(C=Nc1cc(F)c(Cn2ccc3cnccc32)c(Cl)c1)C(=O)O. The number of benzene rings is 1. The molecule has 28 heavy (non-hydrogen) atoms. The molecule has 0 saturated heterocycles. The van der Waals surface area contributed by atoms with E-state index in [9.17, 15) is 14.3 Å². The first-order chi connectivity index (χ1) is 13.2. The molecule has 0 unspecified atom stereocenters. The van der Waals surface area contributed by atoms with Gasteiger partial charge in [0.2, 0.25) is 0 Å². The van der Waals surface area contributed by atoms with E-state index >= 15 is 0 Å². The third kappa shape index (κ3) is 4.14. The Kier molecular flexibility index (Phi) is 5.38. The summed E-state index contributed by atoms with van der Waals surface area (Å²) in [6, 6.07) is 6.52. The van der Waals surface area contributed by atoms with Crippen molar-refractivity contribution in [3.05, 3.63) is 59.3 Å². The number of fused-ring (bicyclic) bond motifs is 1. The highest BCUT2D eigenvalue weighted by atomic mass is 35.5. The van der Waals surface area contributed by atoms with Crippen LogP contribution in [0.4, 0.5) is 14.9 Å².